The topological polar surface area (TPSA) is 56.7 Å². The summed E-state index contributed by atoms with van der Waals surface area (Å²) in [4.78, 5) is 3.96. The number of hydrogen-bond acceptors (Lipinski definition) is 3. The SMILES string of the molecule is C=C(N)c1ncn(C(C)C)n1. The Labute approximate surface area is 65.7 Å². The highest BCUT2D eigenvalue weighted by Gasteiger charge is 2.02. The second-order valence-electron chi connectivity index (χ2n) is 2.67. The molecule has 0 aromatic carbocycles. The molecule has 1 aromatic heterocycles. The van der Waals surface area contributed by atoms with Crippen LogP contribution in [0, 0.1) is 0 Å². The molecular formula is C7H12N4. The molecule has 0 spiro atoms. The minimum atomic E-state index is 0.315. The molecule has 60 valence electrons. The van der Waals surface area contributed by atoms with E-state index in [1.165, 1.54) is 0 Å². The van der Waals surface area contributed by atoms with E-state index in [4.69, 9.17) is 5.73 Å². The van der Waals surface area contributed by atoms with E-state index in [1.807, 2.05) is 13.8 Å². The smallest absolute Gasteiger partial charge is 0.196 e. The molecule has 0 saturated heterocycles. The molecule has 11 heavy (non-hydrogen) atoms. The Morgan fingerprint density at radius 2 is 2.36 bits per heavy atom. The van der Waals surface area contributed by atoms with Gasteiger partial charge in [0.15, 0.2) is 5.82 Å². The summed E-state index contributed by atoms with van der Waals surface area (Å²) in [6, 6.07) is 0.315. The van der Waals surface area contributed by atoms with Gasteiger partial charge in [0.2, 0.25) is 0 Å². The summed E-state index contributed by atoms with van der Waals surface area (Å²) in [7, 11) is 0. The van der Waals surface area contributed by atoms with Gasteiger partial charge in [-0.05, 0) is 13.8 Å². The van der Waals surface area contributed by atoms with E-state index in [1.54, 1.807) is 11.0 Å². The van der Waals surface area contributed by atoms with Crippen molar-refractivity contribution in [2.45, 2.75) is 19.9 Å². The summed E-state index contributed by atoms with van der Waals surface area (Å²) >= 11 is 0. The van der Waals surface area contributed by atoms with Gasteiger partial charge in [-0.25, -0.2) is 9.67 Å². The Morgan fingerprint density at radius 3 is 2.64 bits per heavy atom. The van der Waals surface area contributed by atoms with Crippen LogP contribution < -0.4 is 5.73 Å². The van der Waals surface area contributed by atoms with E-state index in [0.29, 0.717) is 17.6 Å². The van der Waals surface area contributed by atoms with Gasteiger partial charge in [0, 0.05) is 6.04 Å². The first kappa shape index (κ1) is 7.78. The minimum Gasteiger partial charge on any atom is -0.396 e. The fourth-order valence-corrected chi connectivity index (χ4v) is 0.671. The molecule has 0 bridgehead atoms. The lowest BCUT2D eigenvalue weighted by Gasteiger charge is -2.01. The Balaban J connectivity index is 2.90. The molecule has 0 saturated carbocycles. The number of hydrogen-bond donors (Lipinski definition) is 1. The van der Waals surface area contributed by atoms with E-state index < -0.39 is 0 Å². The average Bonchev–Trinajstić information content (AvgIpc) is 2.33. The lowest BCUT2D eigenvalue weighted by molar-refractivity contribution is 0.530. The van der Waals surface area contributed by atoms with Crippen molar-refractivity contribution >= 4 is 5.70 Å². The normalized spacial score (nSPS) is 10.5. The van der Waals surface area contributed by atoms with E-state index in [0.717, 1.165) is 0 Å². The summed E-state index contributed by atoms with van der Waals surface area (Å²) in [6.45, 7) is 7.59. The zero-order valence-corrected chi connectivity index (χ0v) is 6.78. The van der Waals surface area contributed by atoms with Crippen molar-refractivity contribution in [2.75, 3.05) is 0 Å². The Kier molecular flexibility index (Phi) is 1.94. The van der Waals surface area contributed by atoms with Crippen LogP contribution in [0.1, 0.15) is 25.7 Å². The monoisotopic (exact) mass is 152 g/mol. The van der Waals surface area contributed by atoms with Crippen molar-refractivity contribution < 1.29 is 0 Å². The molecule has 0 fully saturated rings. The lowest BCUT2D eigenvalue weighted by Crippen LogP contribution is -2.03. The van der Waals surface area contributed by atoms with Gasteiger partial charge in [0.25, 0.3) is 0 Å². The molecule has 2 N–H and O–H groups in total. The third-order valence-corrected chi connectivity index (χ3v) is 1.32. The highest BCUT2D eigenvalue weighted by molar-refractivity contribution is 5.51. The van der Waals surface area contributed by atoms with Crippen LogP contribution in [0.3, 0.4) is 0 Å². The summed E-state index contributed by atoms with van der Waals surface area (Å²) in [5.41, 5.74) is 5.80. The molecule has 4 heteroatoms. The van der Waals surface area contributed by atoms with Gasteiger partial charge in [-0.15, -0.1) is 5.10 Å². The van der Waals surface area contributed by atoms with E-state index in [2.05, 4.69) is 16.7 Å². The summed E-state index contributed by atoms with van der Waals surface area (Å²) in [5, 5.41) is 4.09. The Hall–Kier alpha value is -1.32. The van der Waals surface area contributed by atoms with Gasteiger partial charge in [0.05, 0.1) is 5.70 Å². The van der Waals surface area contributed by atoms with Crippen molar-refractivity contribution in [3.8, 4) is 0 Å². The van der Waals surface area contributed by atoms with Crippen LogP contribution in [0.4, 0.5) is 0 Å². The maximum absolute atomic E-state index is 5.39. The molecule has 0 aliphatic heterocycles. The molecule has 0 unspecified atom stereocenters. The zero-order valence-electron chi connectivity index (χ0n) is 6.78. The van der Waals surface area contributed by atoms with Crippen LogP contribution in [0.2, 0.25) is 0 Å². The van der Waals surface area contributed by atoms with Crippen LogP contribution in [0.25, 0.3) is 5.70 Å². The van der Waals surface area contributed by atoms with Gasteiger partial charge in [-0.1, -0.05) is 6.58 Å². The van der Waals surface area contributed by atoms with E-state index >= 15 is 0 Å². The highest BCUT2D eigenvalue weighted by Crippen LogP contribution is 2.03. The van der Waals surface area contributed by atoms with Crippen LogP contribution in [0.5, 0.6) is 0 Å². The predicted octanol–water partition coefficient (Wildman–Crippen LogP) is 0.788. The van der Waals surface area contributed by atoms with Crippen LogP contribution in [0.15, 0.2) is 12.9 Å². The van der Waals surface area contributed by atoms with E-state index in [9.17, 15) is 0 Å². The van der Waals surface area contributed by atoms with E-state index in [-0.39, 0.29) is 0 Å². The van der Waals surface area contributed by atoms with Crippen LogP contribution in [-0.2, 0) is 0 Å². The third-order valence-electron chi connectivity index (χ3n) is 1.32. The molecule has 0 aliphatic rings. The van der Waals surface area contributed by atoms with Crippen molar-refractivity contribution in [1.82, 2.24) is 14.8 Å². The van der Waals surface area contributed by atoms with Gasteiger partial charge < -0.3 is 5.73 Å². The van der Waals surface area contributed by atoms with Crippen molar-refractivity contribution in [3.63, 3.8) is 0 Å². The quantitative estimate of drug-likeness (QED) is 0.681. The molecule has 1 rings (SSSR count). The van der Waals surface area contributed by atoms with Gasteiger partial charge in [-0.3, -0.25) is 0 Å². The number of nitrogens with two attached hydrogens (primary N) is 1. The Morgan fingerprint density at radius 1 is 1.73 bits per heavy atom. The maximum atomic E-state index is 5.39. The van der Waals surface area contributed by atoms with Gasteiger partial charge in [-0.2, -0.15) is 0 Å². The van der Waals surface area contributed by atoms with Crippen LogP contribution in [-0.4, -0.2) is 14.8 Å². The molecule has 4 nitrogen and oxygen atoms in total. The fourth-order valence-electron chi connectivity index (χ4n) is 0.671. The standard InChI is InChI=1S/C7H12N4/c1-5(2)11-4-9-7(10-11)6(3)8/h4-5H,3,8H2,1-2H3. The molecule has 1 heterocycles. The van der Waals surface area contributed by atoms with Crippen molar-refractivity contribution in [1.29, 1.82) is 0 Å². The fraction of sp³-hybridized carbons (Fsp3) is 0.429. The lowest BCUT2D eigenvalue weighted by atomic mass is 10.4. The average molecular weight is 152 g/mol. The third kappa shape index (κ3) is 1.58. The molecular weight excluding hydrogens is 140 g/mol. The predicted molar refractivity (Wildman–Crippen MR) is 43.6 cm³/mol. The molecule has 0 atom stereocenters. The summed E-state index contributed by atoms with van der Waals surface area (Å²) in [6.07, 6.45) is 1.65. The Bertz CT molecular complexity index is 261. The largest absolute Gasteiger partial charge is 0.396 e. The minimum absolute atomic E-state index is 0.315. The summed E-state index contributed by atoms with van der Waals surface area (Å²) in [5.74, 6) is 0.513. The number of aromatic nitrogens is 3. The first-order chi connectivity index (χ1) is 5.11. The molecule has 1 aromatic rings. The molecule has 0 amide bonds. The van der Waals surface area contributed by atoms with Crippen LogP contribution >= 0.6 is 0 Å². The van der Waals surface area contributed by atoms with Gasteiger partial charge >= 0.3 is 0 Å². The maximum Gasteiger partial charge on any atom is 0.196 e. The first-order valence-corrected chi connectivity index (χ1v) is 3.47. The van der Waals surface area contributed by atoms with Gasteiger partial charge in [0.1, 0.15) is 6.33 Å². The second kappa shape index (κ2) is 2.74. The first-order valence-electron chi connectivity index (χ1n) is 3.47. The zero-order chi connectivity index (χ0) is 8.43. The number of nitrogens with zero attached hydrogens (tertiary/aromatic N) is 3. The second-order valence-corrected chi connectivity index (χ2v) is 2.67. The molecule has 0 aliphatic carbocycles. The van der Waals surface area contributed by atoms with Crippen molar-refractivity contribution in [2.24, 2.45) is 5.73 Å². The summed E-state index contributed by atoms with van der Waals surface area (Å²) < 4.78 is 1.74. The molecule has 0 radical (unpaired) electrons. The highest BCUT2D eigenvalue weighted by atomic mass is 15.3. The van der Waals surface area contributed by atoms with Crippen molar-refractivity contribution in [3.05, 3.63) is 18.7 Å². The number of rotatable bonds is 2.